The van der Waals surface area contributed by atoms with E-state index in [1.807, 2.05) is 6.92 Å². The molecular formula is C12H11Cl2N3OS2. The van der Waals surface area contributed by atoms with E-state index >= 15 is 0 Å². The number of benzene rings is 1. The highest BCUT2D eigenvalue weighted by atomic mass is 35.5. The van der Waals surface area contributed by atoms with Crippen molar-refractivity contribution in [2.75, 3.05) is 11.1 Å². The van der Waals surface area contributed by atoms with Crippen molar-refractivity contribution in [3.8, 4) is 0 Å². The Morgan fingerprint density at radius 1 is 1.40 bits per heavy atom. The molecule has 0 fully saturated rings. The van der Waals surface area contributed by atoms with Crippen LogP contribution in [0.2, 0.25) is 10.0 Å². The minimum Gasteiger partial charge on any atom is -0.325 e. The third-order valence-corrected chi connectivity index (χ3v) is 4.79. The second-order valence-electron chi connectivity index (χ2n) is 3.86. The number of rotatable bonds is 5. The van der Waals surface area contributed by atoms with Crippen LogP contribution < -0.4 is 5.32 Å². The molecule has 2 aromatic rings. The lowest BCUT2D eigenvalue weighted by molar-refractivity contribution is -0.115. The van der Waals surface area contributed by atoms with Crippen LogP contribution in [0.25, 0.3) is 0 Å². The molecule has 0 unspecified atom stereocenters. The summed E-state index contributed by atoms with van der Waals surface area (Å²) in [7, 11) is 0. The van der Waals surface area contributed by atoms with E-state index in [-0.39, 0.29) is 5.91 Å². The van der Waals surface area contributed by atoms with Gasteiger partial charge in [-0.1, -0.05) is 46.3 Å². The summed E-state index contributed by atoms with van der Waals surface area (Å²) >= 11 is 14.8. The van der Waals surface area contributed by atoms with Gasteiger partial charge in [-0.3, -0.25) is 4.79 Å². The summed E-state index contributed by atoms with van der Waals surface area (Å²) < 4.78 is 0.875. The molecule has 1 aromatic heterocycles. The van der Waals surface area contributed by atoms with Crippen LogP contribution in [0, 0.1) is 6.92 Å². The van der Waals surface area contributed by atoms with Crippen molar-refractivity contribution in [1.29, 1.82) is 0 Å². The zero-order valence-electron chi connectivity index (χ0n) is 10.5. The van der Waals surface area contributed by atoms with Crippen molar-refractivity contribution >= 4 is 57.9 Å². The molecule has 0 radical (unpaired) electrons. The summed E-state index contributed by atoms with van der Waals surface area (Å²) in [6.45, 7) is 1.90. The van der Waals surface area contributed by atoms with E-state index in [4.69, 9.17) is 23.2 Å². The Kier molecular flexibility index (Phi) is 5.65. The number of hydrogen-bond donors (Lipinski definition) is 1. The van der Waals surface area contributed by atoms with Gasteiger partial charge in [0, 0.05) is 17.2 Å². The molecule has 0 aliphatic heterocycles. The molecule has 106 valence electrons. The zero-order chi connectivity index (χ0) is 14.5. The van der Waals surface area contributed by atoms with Crippen LogP contribution in [0.4, 0.5) is 5.69 Å². The standard InChI is InChI=1S/C12H11Cl2N3OS2/c1-7-16-17-12(20-7)19-5-4-11(18)15-10-3-2-8(13)6-9(10)14/h2-3,6H,4-5H2,1H3,(H,15,18). The lowest BCUT2D eigenvalue weighted by Crippen LogP contribution is -2.12. The fourth-order valence-corrected chi connectivity index (χ4v) is 3.65. The predicted octanol–water partition coefficient (Wildman–Crippen LogP) is 4.27. The Labute approximate surface area is 134 Å². The zero-order valence-corrected chi connectivity index (χ0v) is 13.7. The van der Waals surface area contributed by atoms with Crippen LogP contribution in [-0.4, -0.2) is 21.9 Å². The largest absolute Gasteiger partial charge is 0.325 e. The van der Waals surface area contributed by atoms with Crippen molar-refractivity contribution < 1.29 is 4.79 Å². The molecule has 4 nitrogen and oxygen atoms in total. The van der Waals surface area contributed by atoms with Gasteiger partial charge in [-0.05, 0) is 25.1 Å². The Balaban J connectivity index is 1.80. The quantitative estimate of drug-likeness (QED) is 0.820. The van der Waals surface area contributed by atoms with Crippen molar-refractivity contribution in [2.45, 2.75) is 17.7 Å². The van der Waals surface area contributed by atoms with Gasteiger partial charge in [-0.25, -0.2) is 0 Å². The number of aromatic nitrogens is 2. The molecule has 0 spiro atoms. The summed E-state index contributed by atoms with van der Waals surface area (Å²) in [6.07, 6.45) is 0.377. The molecule has 0 bridgehead atoms. The second kappa shape index (κ2) is 7.26. The number of nitrogens with one attached hydrogen (secondary N) is 1. The molecular weight excluding hydrogens is 337 g/mol. The van der Waals surface area contributed by atoms with Gasteiger partial charge in [-0.15, -0.1) is 10.2 Å². The smallest absolute Gasteiger partial charge is 0.225 e. The molecule has 20 heavy (non-hydrogen) atoms. The number of thioether (sulfide) groups is 1. The molecule has 1 aromatic carbocycles. The average Bonchev–Trinajstić information content (AvgIpc) is 2.79. The number of halogens is 2. The van der Waals surface area contributed by atoms with Gasteiger partial charge in [0.2, 0.25) is 5.91 Å². The lowest BCUT2D eigenvalue weighted by atomic mass is 10.3. The second-order valence-corrected chi connectivity index (χ2v) is 7.23. The fourth-order valence-electron chi connectivity index (χ4n) is 1.37. The van der Waals surface area contributed by atoms with Crippen molar-refractivity contribution in [3.63, 3.8) is 0 Å². The molecule has 0 aliphatic carbocycles. The number of anilines is 1. The summed E-state index contributed by atoms with van der Waals surface area (Å²) in [4.78, 5) is 11.8. The highest BCUT2D eigenvalue weighted by molar-refractivity contribution is 8.01. The molecule has 0 saturated heterocycles. The van der Waals surface area contributed by atoms with Gasteiger partial charge in [0.1, 0.15) is 5.01 Å². The van der Waals surface area contributed by atoms with E-state index in [0.717, 1.165) is 9.35 Å². The maximum atomic E-state index is 11.8. The molecule has 0 atom stereocenters. The summed E-state index contributed by atoms with van der Waals surface area (Å²) in [5.41, 5.74) is 0.567. The fraction of sp³-hybridized carbons (Fsp3) is 0.250. The van der Waals surface area contributed by atoms with E-state index < -0.39 is 0 Å². The number of carbonyl (C=O) groups excluding carboxylic acids is 1. The van der Waals surface area contributed by atoms with E-state index in [2.05, 4.69) is 15.5 Å². The molecule has 1 N–H and O–H groups in total. The van der Waals surface area contributed by atoms with Crippen LogP contribution in [0.1, 0.15) is 11.4 Å². The highest BCUT2D eigenvalue weighted by Crippen LogP contribution is 2.26. The number of hydrogen-bond acceptors (Lipinski definition) is 5. The van der Waals surface area contributed by atoms with Crippen LogP contribution in [0.15, 0.2) is 22.5 Å². The Morgan fingerprint density at radius 3 is 2.85 bits per heavy atom. The molecule has 2 rings (SSSR count). The first kappa shape index (κ1) is 15.6. The molecule has 1 heterocycles. The summed E-state index contributed by atoms with van der Waals surface area (Å²) in [6, 6.07) is 4.96. The van der Waals surface area contributed by atoms with E-state index in [0.29, 0.717) is 27.9 Å². The SMILES string of the molecule is Cc1nnc(SCCC(=O)Nc2ccc(Cl)cc2Cl)s1. The normalized spacial score (nSPS) is 10.6. The minimum atomic E-state index is -0.0945. The van der Waals surface area contributed by atoms with Crippen LogP contribution >= 0.6 is 46.3 Å². The van der Waals surface area contributed by atoms with E-state index in [1.165, 1.54) is 23.1 Å². The van der Waals surface area contributed by atoms with E-state index in [1.54, 1.807) is 18.2 Å². The van der Waals surface area contributed by atoms with Crippen molar-refractivity contribution in [1.82, 2.24) is 10.2 Å². The maximum Gasteiger partial charge on any atom is 0.225 e. The summed E-state index contributed by atoms with van der Waals surface area (Å²) in [5, 5.41) is 12.5. The number of carbonyl (C=O) groups is 1. The monoisotopic (exact) mass is 347 g/mol. The Morgan fingerprint density at radius 2 is 2.20 bits per heavy atom. The van der Waals surface area contributed by atoms with E-state index in [9.17, 15) is 4.79 Å². The first-order valence-corrected chi connectivity index (χ1v) is 8.28. The number of nitrogens with zero attached hydrogens (tertiary/aromatic N) is 2. The van der Waals surface area contributed by atoms with Crippen molar-refractivity contribution in [3.05, 3.63) is 33.3 Å². The number of aryl methyl sites for hydroxylation is 1. The summed E-state index contributed by atoms with van der Waals surface area (Å²) in [5.74, 6) is 0.550. The third kappa shape index (κ3) is 4.63. The minimum absolute atomic E-state index is 0.0945. The molecule has 8 heteroatoms. The molecule has 1 amide bonds. The van der Waals surface area contributed by atoms with Gasteiger partial charge in [-0.2, -0.15) is 0 Å². The van der Waals surface area contributed by atoms with Crippen molar-refractivity contribution in [2.24, 2.45) is 0 Å². The first-order chi connectivity index (χ1) is 9.54. The first-order valence-electron chi connectivity index (χ1n) is 5.72. The van der Waals surface area contributed by atoms with Crippen LogP contribution in [0.5, 0.6) is 0 Å². The third-order valence-electron chi connectivity index (χ3n) is 2.27. The molecule has 0 aliphatic rings. The van der Waals surface area contributed by atoms with Crippen LogP contribution in [0.3, 0.4) is 0 Å². The van der Waals surface area contributed by atoms with Gasteiger partial charge < -0.3 is 5.32 Å². The van der Waals surface area contributed by atoms with Gasteiger partial charge in [0.25, 0.3) is 0 Å². The predicted molar refractivity (Wildman–Crippen MR) is 85.1 cm³/mol. The van der Waals surface area contributed by atoms with Gasteiger partial charge >= 0.3 is 0 Å². The Hall–Kier alpha value is -0.820. The lowest BCUT2D eigenvalue weighted by Gasteiger charge is -2.06. The van der Waals surface area contributed by atoms with Crippen LogP contribution in [-0.2, 0) is 4.79 Å². The maximum absolute atomic E-state index is 11.8. The van der Waals surface area contributed by atoms with Gasteiger partial charge in [0.05, 0.1) is 10.7 Å². The molecule has 0 saturated carbocycles. The topological polar surface area (TPSA) is 54.9 Å². The number of amides is 1. The van der Waals surface area contributed by atoms with Gasteiger partial charge in [0.15, 0.2) is 4.34 Å². The Bertz CT molecular complexity index is 618. The average molecular weight is 348 g/mol. The highest BCUT2D eigenvalue weighted by Gasteiger charge is 2.08.